The number of piperazine rings is 1. The Balaban J connectivity index is 2.20. The first-order valence-electron chi connectivity index (χ1n) is 6.36. The predicted octanol–water partition coefficient (Wildman–Crippen LogP) is 0.554. The number of nitrogens with zero attached hydrogens (tertiary/aromatic N) is 3. The molecule has 2 N–H and O–H groups in total. The van der Waals surface area contributed by atoms with Crippen LogP contribution in [0.4, 0.5) is 5.69 Å². The van der Waals surface area contributed by atoms with E-state index in [0.717, 1.165) is 18.7 Å². The Hall–Kier alpha value is -2.06. The first kappa shape index (κ1) is 13.4. The van der Waals surface area contributed by atoms with Gasteiger partial charge in [-0.3, -0.25) is 4.79 Å². The van der Waals surface area contributed by atoms with Gasteiger partial charge in [0.15, 0.2) is 0 Å². The first-order chi connectivity index (χ1) is 9.15. The van der Waals surface area contributed by atoms with Gasteiger partial charge in [-0.1, -0.05) is 6.07 Å². The van der Waals surface area contributed by atoms with E-state index in [1.807, 2.05) is 30.1 Å². The summed E-state index contributed by atoms with van der Waals surface area (Å²) in [6, 6.07) is 9.61. The van der Waals surface area contributed by atoms with E-state index in [1.165, 1.54) is 0 Å². The van der Waals surface area contributed by atoms with Gasteiger partial charge in [0.25, 0.3) is 0 Å². The van der Waals surface area contributed by atoms with Crippen LogP contribution in [-0.4, -0.2) is 43.5 Å². The Morgan fingerprint density at radius 1 is 1.53 bits per heavy atom. The maximum Gasteiger partial charge on any atom is 0.242 e. The van der Waals surface area contributed by atoms with E-state index in [2.05, 4.69) is 6.07 Å². The van der Waals surface area contributed by atoms with Crippen LogP contribution < -0.4 is 10.6 Å². The maximum atomic E-state index is 12.0. The van der Waals surface area contributed by atoms with Crippen LogP contribution in [0, 0.1) is 11.3 Å². The molecule has 0 saturated carbocycles. The minimum absolute atomic E-state index is 0.0899. The molecule has 1 aliphatic rings. The smallest absolute Gasteiger partial charge is 0.242 e. The lowest BCUT2D eigenvalue weighted by Crippen LogP contribution is -2.55. The van der Waals surface area contributed by atoms with E-state index in [-0.39, 0.29) is 11.9 Å². The molecular weight excluding hydrogens is 240 g/mol. The molecule has 100 valence electrons. The molecule has 0 bridgehead atoms. The molecule has 0 spiro atoms. The third-order valence-corrected chi connectivity index (χ3v) is 3.54. The van der Waals surface area contributed by atoms with Gasteiger partial charge in [-0.05, 0) is 31.2 Å². The fourth-order valence-corrected chi connectivity index (χ4v) is 2.37. The zero-order chi connectivity index (χ0) is 13.8. The molecule has 1 unspecified atom stereocenters. The molecule has 0 radical (unpaired) electrons. The SMILES string of the molecule is CN1C(=O)CN(c2cccc(C#N)c2)CC1CCN. The monoisotopic (exact) mass is 258 g/mol. The van der Waals surface area contributed by atoms with Gasteiger partial charge in [-0.15, -0.1) is 0 Å². The Morgan fingerprint density at radius 2 is 2.32 bits per heavy atom. The molecule has 5 heteroatoms. The van der Waals surface area contributed by atoms with Crippen molar-refractivity contribution in [1.82, 2.24) is 4.90 Å². The van der Waals surface area contributed by atoms with Crippen molar-refractivity contribution in [3.8, 4) is 6.07 Å². The summed E-state index contributed by atoms with van der Waals surface area (Å²) in [5.41, 5.74) is 7.13. The highest BCUT2D eigenvalue weighted by molar-refractivity contribution is 5.83. The summed E-state index contributed by atoms with van der Waals surface area (Å²) in [6.07, 6.45) is 0.788. The van der Waals surface area contributed by atoms with Crippen molar-refractivity contribution >= 4 is 11.6 Å². The Kier molecular flexibility index (Phi) is 4.03. The fraction of sp³-hybridized carbons (Fsp3) is 0.429. The lowest BCUT2D eigenvalue weighted by molar-refractivity contribution is -0.132. The predicted molar refractivity (Wildman–Crippen MR) is 73.6 cm³/mol. The van der Waals surface area contributed by atoms with E-state index in [0.29, 0.717) is 18.7 Å². The second-order valence-corrected chi connectivity index (χ2v) is 4.78. The highest BCUT2D eigenvalue weighted by atomic mass is 16.2. The molecule has 5 nitrogen and oxygen atoms in total. The number of nitriles is 1. The first-order valence-corrected chi connectivity index (χ1v) is 6.36. The molecule has 2 rings (SSSR count). The second-order valence-electron chi connectivity index (χ2n) is 4.78. The van der Waals surface area contributed by atoms with E-state index in [1.54, 1.807) is 11.0 Å². The summed E-state index contributed by atoms with van der Waals surface area (Å²) in [5.74, 6) is 0.0899. The Morgan fingerprint density at radius 3 is 3.00 bits per heavy atom. The van der Waals surface area contributed by atoms with Gasteiger partial charge < -0.3 is 15.5 Å². The van der Waals surface area contributed by atoms with Crippen LogP contribution in [0.3, 0.4) is 0 Å². The Labute approximate surface area is 113 Å². The molecule has 0 aromatic heterocycles. The standard InChI is InChI=1S/C14H18N4O/c1-17-13(5-6-15)9-18(10-14(17)19)12-4-2-3-11(7-12)8-16/h2-4,7,13H,5-6,9-10,15H2,1H3. The van der Waals surface area contributed by atoms with Gasteiger partial charge in [0.2, 0.25) is 5.91 Å². The molecule has 1 fully saturated rings. The normalized spacial score (nSPS) is 19.4. The van der Waals surface area contributed by atoms with Crippen molar-refractivity contribution in [3.05, 3.63) is 29.8 Å². The largest absolute Gasteiger partial charge is 0.360 e. The van der Waals surface area contributed by atoms with Gasteiger partial charge in [0.05, 0.1) is 24.2 Å². The molecule has 1 aliphatic heterocycles. The highest BCUT2D eigenvalue weighted by Gasteiger charge is 2.29. The van der Waals surface area contributed by atoms with Gasteiger partial charge in [0, 0.05) is 19.3 Å². The number of hydrogen-bond acceptors (Lipinski definition) is 4. The number of hydrogen-bond donors (Lipinski definition) is 1. The topological polar surface area (TPSA) is 73.4 Å². The molecule has 1 amide bonds. The number of carbonyl (C=O) groups is 1. The molecule has 1 saturated heterocycles. The number of likely N-dealkylation sites (N-methyl/N-ethyl adjacent to an activating group) is 1. The average Bonchev–Trinajstić information content (AvgIpc) is 2.44. The lowest BCUT2D eigenvalue weighted by Gasteiger charge is -2.40. The highest BCUT2D eigenvalue weighted by Crippen LogP contribution is 2.21. The third kappa shape index (κ3) is 2.85. The second kappa shape index (κ2) is 5.72. The van der Waals surface area contributed by atoms with Gasteiger partial charge in [0.1, 0.15) is 0 Å². The summed E-state index contributed by atoms with van der Waals surface area (Å²) in [7, 11) is 1.83. The summed E-state index contributed by atoms with van der Waals surface area (Å²) in [4.78, 5) is 15.8. The van der Waals surface area contributed by atoms with Crippen molar-refractivity contribution in [2.45, 2.75) is 12.5 Å². The molecule has 19 heavy (non-hydrogen) atoms. The van der Waals surface area contributed by atoms with E-state index < -0.39 is 0 Å². The van der Waals surface area contributed by atoms with Crippen LogP contribution in [0.15, 0.2) is 24.3 Å². The molecule has 1 atom stereocenters. The summed E-state index contributed by atoms with van der Waals surface area (Å²) >= 11 is 0. The third-order valence-electron chi connectivity index (χ3n) is 3.54. The maximum absolute atomic E-state index is 12.0. The van der Waals surface area contributed by atoms with Crippen LogP contribution in [0.5, 0.6) is 0 Å². The lowest BCUT2D eigenvalue weighted by atomic mass is 10.1. The number of amides is 1. The van der Waals surface area contributed by atoms with Crippen LogP contribution >= 0.6 is 0 Å². The molecule has 1 aromatic carbocycles. The van der Waals surface area contributed by atoms with Crippen LogP contribution in [0.25, 0.3) is 0 Å². The van der Waals surface area contributed by atoms with Crippen molar-refractivity contribution in [2.24, 2.45) is 5.73 Å². The van der Waals surface area contributed by atoms with Crippen molar-refractivity contribution in [1.29, 1.82) is 5.26 Å². The van der Waals surface area contributed by atoms with E-state index >= 15 is 0 Å². The van der Waals surface area contributed by atoms with E-state index in [4.69, 9.17) is 11.0 Å². The van der Waals surface area contributed by atoms with Crippen molar-refractivity contribution < 1.29 is 4.79 Å². The van der Waals surface area contributed by atoms with Crippen LogP contribution in [-0.2, 0) is 4.79 Å². The summed E-state index contributed by atoms with van der Waals surface area (Å²) in [6.45, 7) is 1.68. The summed E-state index contributed by atoms with van der Waals surface area (Å²) < 4.78 is 0. The number of rotatable bonds is 3. The van der Waals surface area contributed by atoms with Crippen molar-refractivity contribution in [3.63, 3.8) is 0 Å². The summed E-state index contributed by atoms with van der Waals surface area (Å²) in [5, 5.41) is 8.93. The number of carbonyl (C=O) groups excluding carboxylic acids is 1. The quantitative estimate of drug-likeness (QED) is 0.859. The van der Waals surface area contributed by atoms with Crippen LogP contribution in [0.1, 0.15) is 12.0 Å². The number of nitrogens with two attached hydrogens (primary N) is 1. The number of anilines is 1. The van der Waals surface area contributed by atoms with E-state index in [9.17, 15) is 4.79 Å². The molecule has 1 aromatic rings. The van der Waals surface area contributed by atoms with Gasteiger partial charge in [-0.25, -0.2) is 0 Å². The van der Waals surface area contributed by atoms with Crippen LogP contribution in [0.2, 0.25) is 0 Å². The van der Waals surface area contributed by atoms with Gasteiger partial charge in [-0.2, -0.15) is 5.26 Å². The minimum Gasteiger partial charge on any atom is -0.360 e. The molecular formula is C14H18N4O. The molecule has 1 heterocycles. The fourth-order valence-electron chi connectivity index (χ4n) is 2.37. The molecule has 0 aliphatic carbocycles. The Bertz CT molecular complexity index is 508. The zero-order valence-electron chi connectivity index (χ0n) is 11.0. The minimum atomic E-state index is 0.0899. The zero-order valence-corrected chi connectivity index (χ0v) is 11.0. The average molecular weight is 258 g/mol. The van der Waals surface area contributed by atoms with Gasteiger partial charge >= 0.3 is 0 Å². The van der Waals surface area contributed by atoms with Crippen molar-refractivity contribution in [2.75, 3.05) is 31.6 Å². The number of benzene rings is 1.